The summed E-state index contributed by atoms with van der Waals surface area (Å²) in [4.78, 5) is 19.3. The Morgan fingerprint density at radius 1 is 1.03 bits per heavy atom. The van der Waals surface area contributed by atoms with Gasteiger partial charge >= 0.3 is 0 Å². The Morgan fingerprint density at radius 3 is 2.36 bits per heavy atom. The fourth-order valence-electron chi connectivity index (χ4n) is 3.86. The topological polar surface area (TPSA) is 87.5 Å². The molecule has 0 atom stereocenters. The fraction of sp³-hybridized carbons (Fsp3) is 0.333. The molecule has 4 rings (SSSR count). The second kappa shape index (κ2) is 9.46. The molecule has 9 heteroatoms. The van der Waals surface area contributed by atoms with Crippen LogP contribution >= 0.6 is 0 Å². The van der Waals surface area contributed by atoms with Crippen molar-refractivity contribution < 1.29 is 13.2 Å². The number of likely N-dealkylation sites (N-methyl/N-ethyl adjacent to an activating group) is 1. The lowest BCUT2D eigenvalue weighted by atomic mass is 10.1. The molecule has 2 heterocycles. The van der Waals surface area contributed by atoms with E-state index < -0.39 is 10.0 Å². The van der Waals surface area contributed by atoms with Crippen LogP contribution in [0.2, 0.25) is 0 Å². The Morgan fingerprint density at radius 2 is 1.73 bits per heavy atom. The first-order chi connectivity index (χ1) is 15.7. The van der Waals surface area contributed by atoms with Gasteiger partial charge in [-0.15, -0.1) is 0 Å². The maximum Gasteiger partial charge on any atom is 0.255 e. The van der Waals surface area contributed by atoms with Gasteiger partial charge in [-0.05, 0) is 56.3 Å². The van der Waals surface area contributed by atoms with E-state index in [4.69, 9.17) is 0 Å². The lowest BCUT2D eigenvalue weighted by molar-refractivity contribution is 0.102. The van der Waals surface area contributed by atoms with Crippen molar-refractivity contribution >= 4 is 21.6 Å². The van der Waals surface area contributed by atoms with Gasteiger partial charge in [0.15, 0.2) is 0 Å². The molecule has 174 valence electrons. The average Bonchev–Trinajstić information content (AvgIpc) is 3.20. The van der Waals surface area contributed by atoms with Gasteiger partial charge in [0.25, 0.3) is 5.91 Å². The van der Waals surface area contributed by atoms with Crippen molar-refractivity contribution in [3.8, 4) is 0 Å². The number of aryl methyl sites for hydroxylation is 2. The van der Waals surface area contributed by atoms with E-state index in [9.17, 15) is 13.2 Å². The zero-order valence-corrected chi connectivity index (χ0v) is 20.0. The van der Waals surface area contributed by atoms with Gasteiger partial charge in [0.05, 0.1) is 4.90 Å². The summed E-state index contributed by atoms with van der Waals surface area (Å²) in [6, 6.07) is 12.4. The number of piperazine rings is 1. The Kier molecular flexibility index (Phi) is 6.64. The van der Waals surface area contributed by atoms with Crippen LogP contribution in [0.4, 0.5) is 5.69 Å². The number of imidazole rings is 1. The maximum absolute atomic E-state index is 13.2. The standard InChI is InChI=1S/C24H29N5O3S/c1-18-4-9-22(16-23(18)33(31,32)29-14-12-27(3)13-15-29)26-24(30)21-7-5-20(6-8-21)17-28-11-10-25-19(28)2/h4-11,16H,12-15,17H2,1-3H3,(H,26,30). The largest absolute Gasteiger partial charge is 0.331 e. The lowest BCUT2D eigenvalue weighted by Crippen LogP contribution is -2.47. The lowest BCUT2D eigenvalue weighted by Gasteiger charge is -2.32. The molecule has 0 bridgehead atoms. The predicted molar refractivity (Wildman–Crippen MR) is 128 cm³/mol. The molecule has 1 amide bonds. The molecule has 0 radical (unpaired) electrons. The van der Waals surface area contributed by atoms with Crippen LogP contribution in [-0.4, -0.2) is 66.3 Å². The molecule has 8 nitrogen and oxygen atoms in total. The van der Waals surface area contributed by atoms with Crippen molar-refractivity contribution in [2.24, 2.45) is 0 Å². The third-order valence-electron chi connectivity index (χ3n) is 6.02. The number of hydrogen-bond donors (Lipinski definition) is 1. The second-order valence-corrected chi connectivity index (χ2v) is 10.3. The van der Waals surface area contributed by atoms with Gasteiger partial charge in [-0.1, -0.05) is 18.2 Å². The molecule has 0 aliphatic carbocycles. The van der Waals surface area contributed by atoms with Gasteiger partial charge in [-0.3, -0.25) is 4.79 Å². The van der Waals surface area contributed by atoms with E-state index in [1.807, 2.05) is 36.9 Å². The third kappa shape index (κ3) is 5.16. The van der Waals surface area contributed by atoms with Crippen LogP contribution in [0.3, 0.4) is 0 Å². The Hall–Kier alpha value is -3.01. The zero-order valence-electron chi connectivity index (χ0n) is 19.2. The highest BCUT2D eigenvalue weighted by atomic mass is 32.2. The number of benzene rings is 2. The maximum atomic E-state index is 13.2. The molecule has 1 aliphatic rings. The Labute approximate surface area is 194 Å². The van der Waals surface area contributed by atoms with Crippen LogP contribution in [0, 0.1) is 13.8 Å². The summed E-state index contributed by atoms with van der Waals surface area (Å²) >= 11 is 0. The molecule has 0 unspecified atom stereocenters. The van der Waals surface area contributed by atoms with E-state index in [1.54, 1.807) is 43.5 Å². The Bertz CT molecular complexity index is 1240. The quantitative estimate of drug-likeness (QED) is 0.602. The summed E-state index contributed by atoms with van der Waals surface area (Å²) in [5.41, 5.74) is 2.68. The molecule has 0 saturated carbocycles. The highest BCUT2D eigenvalue weighted by Gasteiger charge is 2.29. The van der Waals surface area contributed by atoms with Crippen molar-refractivity contribution in [1.29, 1.82) is 0 Å². The minimum absolute atomic E-state index is 0.232. The molecular formula is C24H29N5O3S. The summed E-state index contributed by atoms with van der Waals surface area (Å²) in [7, 11) is -1.64. The second-order valence-electron chi connectivity index (χ2n) is 8.44. The Balaban J connectivity index is 1.48. The number of rotatable bonds is 6. The highest BCUT2D eigenvalue weighted by molar-refractivity contribution is 7.89. The minimum atomic E-state index is -3.63. The number of nitrogens with one attached hydrogen (secondary N) is 1. The van der Waals surface area contributed by atoms with Gasteiger partial charge in [-0.2, -0.15) is 4.31 Å². The summed E-state index contributed by atoms with van der Waals surface area (Å²) < 4.78 is 30.0. The first-order valence-corrected chi connectivity index (χ1v) is 12.4. The molecular weight excluding hydrogens is 438 g/mol. The number of carbonyl (C=O) groups excluding carboxylic acids is 1. The van der Waals surface area contributed by atoms with Crippen LogP contribution in [-0.2, 0) is 16.6 Å². The summed E-state index contributed by atoms with van der Waals surface area (Å²) in [5, 5.41) is 2.84. The molecule has 1 saturated heterocycles. The first-order valence-electron chi connectivity index (χ1n) is 10.9. The SMILES string of the molecule is Cc1ccc(NC(=O)c2ccc(Cn3ccnc3C)cc2)cc1S(=O)(=O)N1CCN(C)CC1. The van der Waals surface area contributed by atoms with E-state index in [0.717, 1.165) is 11.4 Å². The van der Waals surface area contributed by atoms with E-state index in [1.165, 1.54) is 4.31 Å². The molecule has 1 N–H and O–H groups in total. The highest BCUT2D eigenvalue weighted by Crippen LogP contribution is 2.25. The van der Waals surface area contributed by atoms with Crippen molar-refractivity contribution in [3.63, 3.8) is 0 Å². The fourth-order valence-corrected chi connectivity index (χ4v) is 5.53. The summed E-state index contributed by atoms with van der Waals surface area (Å²) in [6.45, 7) is 6.71. The molecule has 33 heavy (non-hydrogen) atoms. The van der Waals surface area contributed by atoms with Crippen molar-refractivity contribution in [2.75, 3.05) is 38.5 Å². The molecule has 2 aromatic carbocycles. The minimum Gasteiger partial charge on any atom is -0.331 e. The zero-order chi connectivity index (χ0) is 23.6. The van der Waals surface area contributed by atoms with Crippen LogP contribution in [0.1, 0.15) is 27.3 Å². The number of nitrogens with zero attached hydrogens (tertiary/aromatic N) is 4. The van der Waals surface area contributed by atoms with E-state index in [2.05, 4.69) is 15.2 Å². The molecule has 1 fully saturated rings. The predicted octanol–water partition coefficient (Wildman–Crippen LogP) is 2.74. The molecule has 0 spiro atoms. The van der Waals surface area contributed by atoms with Crippen molar-refractivity contribution in [3.05, 3.63) is 77.4 Å². The molecule has 1 aromatic heterocycles. The molecule has 1 aliphatic heterocycles. The van der Waals surface area contributed by atoms with Gasteiger partial charge < -0.3 is 14.8 Å². The van der Waals surface area contributed by atoms with Crippen LogP contribution < -0.4 is 5.32 Å². The summed E-state index contributed by atoms with van der Waals surface area (Å²) in [5.74, 6) is 0.644. The van der Waals surface area contributed by atoms with Gasteiger partial charge in [0, 0.05) is 56.4 Å². The number of carbonyl (C=O) groups is 1. The number of aromatic nitrogens is 2. The van der Waals surface area contributed by atoms with Crippen LogP contribution in [0.25, 0.3) is 0 Å². The van der Waals surface area contributed by atoms with Gasteiger partial charge in [0.1, 0.15) is 5.82 Å². The summed E-state index contributed by atoms with van der Waals surface area (Å²) in [6.07, 6.45) is 3.68. The van der Waals surface area contributed by atoms with E-state index in [0.29, 0.717) is 49.5 Å². The van der Waals surface area contributed by atoms with Gasteiger partial charge in [0.2, 0.25) is 10.0 Å². The number of sulfonamides is 1. The van der Waals surface area contributed by atoms with E-state index >= 15 is 0 Å². The third-order valence-corrected chi connectivity index (χ3v) is 8.06. The van der Waals surface area contributed by atoms with Crippen LogP contribution in [0.15, 0.2) is 59.8 Å². The normalized spacial score (nSPS) is 15.5. The monoisotopic (exact) mass is 467 g/mol. The smallest absolute Gasteiger partial charge is 0.255 e. The number of anilines is 1. The molecule has 3 aromatic rings. The average molecular weight is 468 g/mol. The van der Waals surface area contributed by atoms with Crippen LogP contribution in [0.5, 0.6) is 0 Å². The first kappa shape index (κ1) is 23.2. The van der Waals surface area contributed by atoms with Crippen molar-refractivity contribution in [1.82, 2.24) is 18.8 Å². The number of amides is 1. The number of hydrogen-bond acceptors (Lipinski definition) is 5. The van der Waals surface area contributed by atoms with Crippen molar-refractivity contribution in [2.45, 2.75) is 25.3 Å². The van der Waals surface area contributed by atoms with E-state index in [-0.39, 0.29) is 10.8 Å². The van der Waals surface area contributed by atoms with Gasteiger partial charge in [-0.25, -0.2) is 13.4 Å².